The molecule has 1 aromatic rings. The van der Waals surface area contributed by atoms with E-state index >= 15 is 0 Å². The van der Waals surface area contributed by atoms with Crippen LogP contribution in [-0.2, 0) is 4.79 Å². The normalized spacial score (nSPS) is 16.8. The van der Waals surface area contributed by atoms with Crippen molar-refractivity contribution < 1.29 is 14.7 Å². The molecule has 1 N–H and O–H groups in total. The number of Topliss-reactive ketones (excluding diaryl/α,β-unsaturated/α-hetero) is 1. The van der Waals surface area contributed by atoms with Crippen LogP contribution in [0.5, 0.6) is 0 Å². The summed E-state index contributed by atoms with van der Waals surface area (Å²) in [5.41, 5.74) is 1.41. The molecule has 2 rings (SSSR count). The predicted molar refractivity (Wildman–Crippen MR) is 58.6 cm³/mol. The van der Waals surface area contributed by atoms with Gasteiger partial charge in [0.05, 0.1) is 0 Å². The third-order valence-corrected chi connectivity index (χ3v) is 2.90. The second-order valence-electron chi connectivity index (χ2n) is 4.17. The number of carboxylic acids is 1. The molecule has 0 radical (unpaired) electrons. The number of likely N-dealkylation sites (tertiary alicyclic amines) is 1. The summed E-state index contributed by atoms with van der Waals surface area (Å²) in [6.07, 6.45) is 0. The van der Waals surface area contributed by atoms with Crippen molar-refractivity contribution in [2.24, 2.45) is 0 Å². The number of hydrogen-bond donors (Lipinski definition) is 1. The van der Waals surface area contributed by atoms with E-state index in [1.54, 1.807) is 12.1 Å². The van der Waals surface area contributed by atoms with Crippen LogP contribution in [0.4, 0.5) is 0 Å². The molecule has 1 aliphatic rings. The summed E-state index contributed by atoms with van der Waals surface area (Å²) in [4.78, 5) is 23.8. The predicted octanol–water partition coefficient (Wildman–Crippen LogP) is 0.983. The Bertz CT molecular complexity index is 418. The van der Waals surface area contributed by atoms with Gasteiger partial charge in [-0.3, -0.25) is 4.79 Å². The lowest BCUT2D eigenvalue weighted by Gasteiger charge is -2.36. The van der Waals surface area contributed by atoms with Gasteiger partial charge in [-0.25, -0.2) is 4.79 Å². The van der Waals surface area contributed by atoms with Gasteiger partial charge in [0.2, 0.25) is 0 Å². The standard InChI is InChI=1S/C12H13NO3/c1-13-6-10(7-13)8-2-4-9(5-3-8)11(14)12(15)16/h2-5,10H,6-7H2,1H3,(H,15,16). The van der Waals surface area contributed by atoms with E-state index in [1.165, 1.54) is 5.56 Å². The van der Waals surface area contributed by atoms with E-state index in [2.05, 4.69) is 11.9 Å². The fourth-order valence-corrected chi connectivity index (χ4v) is 1.94. The van der Waals surface area contributed by atoms with E-state index in [4.69, 9.17) is 5.11 Å². The summed E-state index contributed by atoms with van der Waals surface area (Å²) in [7, 11) is 2.05. The maximum absolute atomic E-state index is 11.2. The largest absolute Gasteiger partial charge is 0.475 e. The maximum atomic E-state index is 11.2. The lowest BCUT2D eigenvalue weighted by molar-refractivity contribution is -0.131. The molecule has 16 heavy (non-hydrogen) atoms. The van der Waals surface area contributed by atoms with Crippen LogP contribution in [0.25, 0.3) is 0 Å². The van der Waals surface area contributed by atoms with Crippen LogP contribution in [0.1, 0.15) is 21.8 Å². The first-order chi connectivity index (χ1) is 7.58. The molecule has 0 aromatic heterocycles. The molecule has 1 saturated heterocycles. The Balaban J connectivity index is 2.11. The van der Waals surface area contributed by atoms with Crippen LogP contribution in [0.3, 0.4) is 0 Å². The van der Waals surface area contributed by atoms with Crippen LogP contribution >= 0.6 is 0 Å². The third kappa shape index (κ3) is 1.97. The number of carboxylic acid groups (broad SMARTS) is 1. The van der Waals surface area contributed by atoms with E-state index < -0.39 is 11.8 Å². The summed E-state index contributed by atoms with van der Waals surface area (Å²) < 4.78 is 0. The Morgan fingerprint density at radius 2 is 1.81 bits per heavy atom. The number of nitrogens with zero attached hydrogens (tertiary/aromatic N) is 1. The van der Waals surface area contributed by atoms with Gasteiger partial charge in [-0.1, -0.05) is 24.3 Å². The average Bonchev–Trinajstić information content (AvgIpc) is 2.24. The lowest BCUT2D eigenvalue weighted by atomic mass is 9.91. The maximum Gasteiger partial charge on any atom is 0.377 e. The van der Waals surface area contributed by atoms with E-state index in [1.807, 2.05) is 12.1 Å². The molecule has 0 amide bonds. The van der Waals surface area contributed by atoms with E-state index in [9.17, 15) is 9.59 Å². The topological polar surface area (TPSA) is 57.6 Å². The molecule has 0 spiro atoms. The van der Waals surface area contributed by atoms with Crippen molar-refractivity contribution in [1.82, 2.24) is 4.90 Å². The number of hydrogen-bond acceptors (Lipinski definition) is 3. The summed E-state index contributed by atoms with van der Waals surface area (Å²) in [5, 5.41) is 8.55. The number of carbonyl (C=O) groups is 2. The average molecular weight is 219 g/mol. The molecule has 1 heterocycles. The van der Waals surface area contributed by atoms with Gasteiger partial charge < -0.3 is 10.0 Å². The van der Waals surface area contributed by atoms with Gasteiger partial charge in [0.25, 0.3) is 5.78 Å². The zero-order valence-corrected chi connectivity index (χ0v) is 9.01. The second kappa shape index (κ2) is 4.06. The number of rotatable bonds is 3. The second-order valence-corrected chi connectivity index (χ2v) is 4.17. The van der Waals surface area contributed by atoms with Crippen LogP contribution in [0.2, 0.25) is 0 Å². The lowest BCUT2D eigenvalue weighted by Crippen LogP contribution is -2.41. The number of benzene rings is 1. The molecule has 0 unspecified atom stereocenters. The van der Waals surface area contributed by atoms with Gasteiger partial charge in [0.15, 0.2) is 0 Å². The van der Waals surface area contributed by atoms with Crippen LogP contribution in [-0.4, -0.2) is 41.9 Å². The molecular weight excluding hydrogens is 206 g/mol. The van der Waals surface area contributed by atoms with Crippen molar-refractivity contribution in [3.05, 3.63) is 35.4 Å². The summed E-state index contributed by atoms with van der Waals surface area (Å²) in [5.74, 6) is -1.74. The Labute approximate surface area is 93.5 Å². The van der Waals surface area contributed by atoms with Crippen LogP contribution in [0.15, 0.2) is 24.3 Å². The van der Waals surface area contributed by atoms with Gasteiger partial charge in [-0.2, -0.15) is 0 Å². The molecule has 1 aliphatic heterocycles. The first-order valence-corrected chi connectivity index (χ1v) is 5.14. The monoisotopic (exact) mass is 219 g/mol. The van der Waals surface area contributed by atoms with Gasteiger partial charge >= 0.3 is 5.97 Å². The Morgan fingerprint density at radius 3 is 2.25 bits per heavy atom. The van der Waals surface area contributed by atoms with E-state index in [0.29, 0.717) is 5.92 Å². The minimum absolute atomic E-state index is 0.240. The molecule has 1 fully saturated rings. The highest BCUT2D eigenvalue weighted by atomic mass is 16.4. The van der Waals surface area contributed by atoms with Gasteiger partial charge in [-0.15, -0.1) is 0 Å². The highest BCUT2D eigenvalue weighted by Crippen LogP contribution is 2.25. The molecule has 0 atom stereocenters. The zero-order valence-electron chi connectivity index (χ0n) is 9.01. The van der Waals surface area contributed by atoms with Crippen LogP contribution in [0, 0.1) is 0 Å². The van der Waals surface area contributed by atoms with Crippen molar-refractivity contribution in [2.75, 3.05) is 20.1 Å². The van der Waals surface area contributed by atoms with Crippen molar-refractivity contribution in [3.8, 4) is 0 Å². The molecule has 1 aromatic carbocycles. The fourth-order valence-electron chi connectivity index (χ4n) is 1.94. The van der Waals surface area contributed by atoms with Gasteiger partial charge in [0, 0.05) is 24.6 Å². The molecular formula is C12H13NO3. The highest BCUT2D eigenvalue weighted by molar-refractivity contribution is 6.39. The number of likely N-dealkylation sites (N-methyl/N-ethyl adjacent to an activating group) is 1. The molecule has 0 saturated carbocycles. The summed E-state index contributed by atoms with van der Waals surface area (Å²) in [6, 6.07) is 6.86. The SMILES string of the molecule is CN1CC(c2ccc(C(=O)C(=O)O)cc2)C1. The number of aliphatic carboxylic acids is 1. The van der Waals surface area contributed by atoms with E-state index in [0.717, 1.165) is 13.1 Å². The fraction of sp³-hybridized carbons (Fsp3) is 0.333. The summed E-state index contributed by atoms with van der Waals surface area (Å²) in [6.45, 7) is 2.04. The number of carbonyl (C=O) groups excluding carboxylic acids is 1. The van der Waals surface area contributed by atoms with Crippen molar-refractivity contribution in [1.29, 1.82) is 0 Å². The third-order valence-electron chi connectivity index (χ3n) is 2.90. The Kier molecular flexibility index (Phi) is 2.75. The quantitative estimate of drug-likeness (QED) is 0.608. The van der Waals surface area contributed by atoms with Crippen molar-refractivity contribution >= 4 is 11.8 Å². The first kappa shape index (κ1) is 10.8. The first-order valence-electron chi connectivity index (χ1n) is 5.14. The molecule has 84 valence electrons. The Morgan fingerprint density at radius 1 is 1.25 bits per heavy atom. The minimum Gasteiger partial charge on any atom is -0.475 e. The van der Waals surface area contributed by atoms with E-state index in [-0.39, 0.29) is 5.56 Å². The smallest absolute Gasteiger partial charge is 0.377 e. The Hall–Kier alpha value is -1.68. The minimum atomic E-state index is -1.41. The van der Waals surface area contributed by atoms with Gasteiger partial charge in [-0.05, 0) is 12.6 Å². The summed E-state index contributed by atoms with van der Waals surface area (Å²) >= 11 is 0. The van der Waals surface area contributed by atoms with Crippen molar-refractivity contribution in [2.45, 2.75) is 5.92 Å². The highest BCUT2D eigenvalue weighted by Gasteiger charge is 2.24. The number of ketones is 1. The zero-order chi connectivity index (χ0) is 11.7. The van der Waals surface area contributed by atoms with Crippen LogP contribution < -0.4 is 0 Å². The van der Waals surface area contributed by atoms with Crippen molar-refractivity contribution in [3.63, 3.8) is 0 Å². The molecule has 0 bridgehead atoms. The molecule has 0 aliphatic carbocycles. The molecule has 4 heteroatoms. The molecule has 4 nitrogen and oxygen atoms in total. The van der Waals surface area contributed by atoms with Gasteiger partial charge in [0.1, 0.15) is 0 Å².